The number of anilines is 2. The fourth-order valence-corrected chi connectivity index (χ4v) is 5.03. The van der Waals surface area contributed by atoms with Gasteiger partial charge in [-0.2, -0.15) is 5.10 Å². The monoisotopic (exact) mass is 392 g/mol. The number of ether oxygens (including phenoxy) is 1. The Morgan fingerprint density at radius 3 is 2.73 bits per heavy atom. The predicted octanol–water partition coefficient (Wildman–Crippen LogP) is 3.82. The molecule has 140 valence electrons. The maximum Gasteiger partial charge on any atom is 0.341 e. The molecule has 26 heavy (non-hydrogen) atoms. The Kier molecular flexibility index (Phi) is 5.34. The quantitative estimate of drug-likeness (QED) is 0.611. The van der Waals surface area contributed by atoms with E-state index in [1.165, 1.54) is 12.0 Å². The van der Waals surface area contributed by atoms with Crippen molar-refractivity contribution < 1.29 is 9.53 Å². The van der Waals surface area contributed by atoms with Crippen molar-refractivity contribution in [1.29, 1.82) is 0 Å². The summed E-state index contributed by atoms with van der Waals surface area (Å²) in [6, 6.07) is 0. The van der Waals surface area contributed by atoms with Crippen LogP contribution < -0.4 is 10.6 Å². The topological polar surface area (TPSA) is 68.2 Å². The first-order chi connectivity index (χ1) is 12.3. The van der Waals surface area contributed by atoms with Crippen LogP contribution >= 0.6 is 23.6 Å². The highest BCUT2D eigenvalue weighted by Gasteiger charge is 2.28. The first-order valence-electron chi connectivity index (χ1n) is 8.62. The van der Waals surface area contributed by atoms with Gasteiger partial charge in [-0.05, 0) is 56.8 Å². The van der Waals surface area contributed by atoms with E-state index >= 15 is 0 Å². The summed E-state index contributed by atoms with van der Waals surface area (Å²) < 4.78 is 6.83. The third-order valence-electron chi connectivity index (χ3n) is 4.88. The van der Waals surface area contributed by atoms with Crippen molar-refractivity contribution in [3.8, 4) is 0 Å². The Bertz CT molecular complexity index is 869. The van der Waals surface area contributed by atoms with Crippen molar-refractivity contribution >= 4 is 45.3 Å². The molecular weight excluding hydrogens is 368 g/mol. The molecule has 0 fully saturated rings. The largest absolute Gasteiger partial charge is 0.465 e. The number of fused-ring (bicyclic) bond motifs is 1. The second-order valence-corrected chi connectivity index (χ2v) is 8.31. The van der Waals surface area contributed by atoms with Gasteiger partial charge in [0.05, 0.1) is 29.7 Å². The number of thiocarbonyl (C=S) groups is 1. The zero-order chi connectivity index (χ0) is 19.0. The molecule has 0 radical (unpaired) electrons. The fraction of sp³-hybridized carbons (Fsp3) is 0.500. The number of hydrogen-bond acceptors (Lipinski definition) is 5. The fourth-order valence-electron chi connectivity index (χ4n) is 3.36. The molecule has 0 aromatic carbocycles. The summed E-state index contributed by atoms with van der Waals surface area (Å²) in [6.45, 7) is 6.16. The minimum atomic E-state index is -0.309. The summed E-state index contributed by atoms with van der Waals surface area (Å²) in [5, 5.41) is 12.0. The molecular formula is C18H24N4O2S2. The smallest absolute Gasteiger partial charge is 0.341 e. The molecule has 0 saturated heterocycles. The van der Waals surface area contributed by atoms with Gasteiger partial charge in [0.25, 0.3) is 0 Å². The van der Waals surface area contributed by atoms with Gasteiger partial charge < -0.3 is 15.4 Å². The minimum absolute atomic E-state index is 0.309. The Morgan fingerprint density at radius 2 is 2.12 bits per heavy atom. The number of rotatable bonds is 3. The van der Waals surface area contributed by atoms with Crippen molar-refractivity contribution in [2.45, 2.75) is 40.0 Å². The van der Waals surface area contributed by atoms with Gasteiger partial charge in [0.1, 0.15) is 5.00 Å². The molecule has 0 aliphatic heterocycles. The van der Waals surface area contributed by atoms with Crippen LogP contribution in [0.4, 0.5) is 10.7 Å². The molecule has 0 amide bonds. The van der Waals surface area contributed by atoms with Gasteiger partial charge in [0.15, 0.2) is 5.11 Å². The molecule has 8 heteroatoms. The van der Waals surface area contributed by atoms with E-state index in [0.29, 0.717) is 16.6 Å². The molecule has 2 aromatic rings. The zero-order valence-electron chi connectivity index (χ0n) is 15.7. The lowest BCUT2D eigenvalue weighted by Gasteiger charge is -2.18. The molecule has 1 atom stereocenters. The third kappa shape index (κ3) is 3.48. The molecule has 1 aliphatic rings. The predicted molar refractivity (Wildman–Crippen MR) is 109 cm³/mol. The van der Waals surface area contributed by atoms with E-state index in [1.807, 2.05) is 25.6 Å². The van der Waals surface area contributed by atoms with Crippen LogP contribution in [0.5, 0.6) is 0 Å². The van der Waals surface area contributed by atoms with E-state index in [4.69, 9.17) is 17.0 Å². The number of aryl methyl sites for hydroxylation is 2. The number of hydrogen-bond donors (Lipinski definition) is 2. The lowest BCUT2D eigenvalue weighted by atomic mass is 9.88. The van der Waals surface area contributed by atoms with Crippen LogP contribution in [0.3, 0.4) is 0 Å². The average molecular weight is 393 g/mol. The van der Waals surface area contributed by atoms with E-state index < -0.39 is 0 Å². The first kappa shape index (κ1) is 18.8. The number of carbonyl (C=O) groups is 1. The molecule has 6 nitrogen and oxygen atoms in total. The van der Waals surface area contributed by atoms with Crippen LogP contribution in [-0.2, 0) is 24.6 Å². The molecule has 0 spiro atoms. The van der Waals surface area contributed by atoms with Crippen molar-refractivity contribution in [3.05, 3.63) is 27.4 Å². The van der Waals surface area contributed by atoms with Gasteiger partial charge in [-0.3, -0.25) is 4.68 Å². The van der Waals surface area contributed by atoms with E-state index in [-0.39, 0.29) is 5.97 Å². The van der Waals surface area contributed by atoms with Crippen molar-refractivity contribution in [2.24, 2.45) is 13.0 Å². The van der Waals surface area contributed by atoms with E-state index in [9.17, 15) is 4.79 Å². The summed E-state index contributed by atoms with van der Waals surface area (Å²) in [7, 11) is 3.31. The molecule has 0 bridgehead atoms. The summed E-state index contributed by atoms with van der Waals surface area (Å²) in [5.41, 5.74) is 4.50. The van der Waals surface area contributed by atoms with Crippen molar-refractivity contribution in [2.75, 3.05) is 17.7 Å². The number of nitrogens with one attached hydrogen (secondary N) is 2. The van der Waals surface area contributed by atoms with Gasteiger partial charge in [-0.25, -0.2) is 4.79 Å². The van der Waals surface area contributed by atoms with E-state index in [1.54, 1.807) is 11.3 Å². The second kappa shape index (κ2) is 7.36. The van der Waals surface area contributed by atoms with Crippen molar-refractivity contribution in [3.63, 3.8) is 0 Å². The third-order valence-corrected chi connectivity index (χ3v) is 6.25. The van der Waals surface area contributed by atoms with Crippen LogP contribution in [0, 0.1) is 19.8 Å². The molecule has 2 N–H and O–H groups in total. The molecule has 2 heterocycles. The molecule has 1 unspecified atom stereocenters. The van der Waals surface area contributed by atoms with Crippen LogP contribution in [0.2, 0.25) is 0 Å². The minimum Gasteiger partial charge on any atom is -0.465 e. The Labute approximate surface area is 162 Å². The molecule has 2 aromatic heterocycles. The lowest BCUT2D eigenvalue weighted by molar-refractivity contribution is 0.0601. The highest BCUT2D eigenvalue weighted by Crippen LogP contribution is 2.40. The SMILES string of the molecule is COC(=O)c1c(NC(=S)Nc2c(C)nn(C)c2C)sc2c1CCC(C)C2. The summed E-state index contributed by atoms with van der Waals surface area (Å²) >= 11 is 7.09. The summed E-state index contributed by atoms with van der Waals surface area (Å²) in [6.07, 6.45) is 2.98. The molecule has 0 saturated carbocycles. The lowest BCUT2D eigenvalue weighted by Crippen LogP contribution is -2.21. The van der Waals surface area contributed by atoms with Gasteiger partial charge in [0.2, 0.25) is 0 Å². The number of aromatic nitrogens is 2. The first-order valence-corrected chi connectivity index (χ1v) is 9.85. The Morgan fingerprint density at radius 1 is 1.38 bits per heavy atom. The second-order valence-electron chi connectivity index (χ2n) is 6.80. The number of nitrogens with zero attached hydrogens (tertiary/aromatic N) is 2. The average Bonchev–Trinajstić information content (AvgIpc) is 3.05. The highest BCUT2D eigenvalue weighted by molar-refractivity contribution is 7.80. The number of esters is 1. The van der Waals surface area contributed by atoms with Gasteiger partial charge in [0, 0.05) is 11.9 Å². The van der Waals surface area contributed by atoms with Crippen LogP contribution in [0.15, 0.2) is 0 Å². The zero-order valence-corrected chi connectivity index (χ0v) is 17.4. The Hall–Kier alpha value is -1.93. The van der Waals surface area contributed by atoms with Gasteiger partial charge in [-0.1, -0.05) is 6.92 Å². The summed E-state index contributed by atoms with van der Waals surface area (Å²) in [5.74, 6) is 0.321. The highest BCUT2D eigenvalue weighted by atomic mass is 32.1. The summed E-state index contributed by atoms with van der Waals surface area (Å²) in [4.78, 5) is 13.6. The van der Waals surface area contributed by atoms with Crippen LogP contribution in [0.25, 0.3) is 0 Å². The Balaban J connectivity index is 1.87. The molecule has 3 rings (SSSR count). The van der Waals surface area contributed by atoms with Crippen LogP contribution in [-0.4, -0.2) is 28.0 Å². The van der Waals surface area contributed by atoms with Crippen LogP contribution in [0.1, 0.15) is 45.5 Å². The molecule has 1 aliphatic carbocycles. The van der Waals surface area contributed by atoms with Crippen molar-refractivity contribution in [1.82, 2.24) is 9.78 Å². The maximum atomic E-state index is 12.4. The van der Waals surface area contributed by atoms with Gasteiger partial charge >= 0.3 is 5.97 Å². The standard InChI is InChI=1S/C18H24N4O2S2/c1-9-6-7-12-13(8-9)26-16(14(12)17(23)24-5)20-18(25)19-15-10(2)21-22(4)11(15)3/h9H,6-8H2,1-5H3,(H2,19,20,25). The number of carbonyl (C=O) groups excluding carboxylic acids is 1. The normalized spacial score (nSPS) is 16.1. The maximum absolute atomic E-state index is 12.4. The van der Waals surface area contributed by atoms with Gasteiger partial charge in [-0.15, -0.1) is 11.3 Å². The number of methoxy groups -OCH3 is 1. The number of thiophene rings is 1. The van der Waals surface area contributed by atoms with E-state index in [0.717, 1.165) is 46.9 Å². The van der Waals surface area contributed by atoms with E-state index in [2.05, 4.69) is 22.7 Å².